The van der Waals surface area contributed by atoms with E-state index >= 15 is 0 Å². The quantitative estimate of drug-likeness (QED) is 0.653. The summed E-state index contributed by atoms with van der Waals surface area (Å²) in [4.78, 5) is 9.55. The van der Waals surface area contributed by atoms with Gasteiger partial charge in [-0.2, -0.15) is 0 Å². The maximum atomic E-state index is 13.3. The molecule has 0 aliphatic carbocycles. The van der Waals surface area contributed by atoms with Crippen LogP contribution in [-0.2, 0) is 6.54 Å². The first-order chi connectivity index (χ1) is 15.7. The maximum absolute atomic E-state index is 13.3. The number of nitrogens with zero attached hydrogens (tertiary/aromatic N) is 3. The third kappa shape index (κ3) is 4.33. The molecule has 1 N–H and O–H groups in total. The first kappa shape index (κ1) is 21.3. The van der Waals surface area contributed by atoms with E-state index in [1.54, 1.807) is 0 Å². The third-order valence-corrected chi connectivity index (χ3v) is 7.04. The van der Waals surface area contributed by atoms with Crippen LogP contribution in [0.5, 0.6) is 0 Å². The number of hydrogen-bond donors (Lipinski definition) is 1. The number of benzene rings is 2. The molecule has 0 radical (unpaired) electrons. The summed E-state index contributed by atoms with van der Waals surface area (Å²) >= 11 is 0. The standard InChI is InChI=1S/C27H30FN3O/c28-23-12-10-21(11-13-23)20-6-8-22(9-7-20)27-25-18-30(17-24-5-1-2-14-29-24)15-3-4-16-31(25)26(27)19-32/h1-2,5-14,25-27,32H,3-4,15-19H2/t25-,26-,27-/m0/s1. The smallest absolute Gasteiger partial charge is 0.123 e. The van der Waals surface area contributed by atoms with Gasteiger partial charge in [0.1, 0.15) is 5.82 Å². The number of aliphatic hydroxyl groups is 1. The fraction of sp³-hybridized carbons (Fsp3) is 0.370. The number of rotatable bonds is 5. The van der Waals surface area contributed by atoms with Gasteiger partial charge in [-0.25, -0.2) is 4.39 Å². The number of aliphatic hydroxyl groups excluding tert-OH is 1. The molecule has 2 fully saturated rings. The van der Waals surface area contributed by atoms with E-state index in [-0.39, 0.29) is 18.5 Å². The molecule has 32 heavy (non-hydrogen) atoms. The molecule has 1 aromatic heterocycles. The van der Waals surface area contributed by atoms with Crippen LogP contribution in [0.2, 0.25) is 0 Å². The van der Waals surface area contributed by atoms with E-state index in [1.165, 1.54) is 24.1 Å². The topological polar surface area (TPSA) is 39.6 Å². The Hall–Kier alpha value is -2.60. The molecule has 2 aliphatic rings. The molecule has 0 saturated carbocycles. The van der Waals surface area contributed by atoms with Crippen molar-refractivity contribution in [1.29, 1.82) is 0 Å². The fourth-order valence-electron chi connectivity index (χ4n) is 5.42. The Bertz CT molecular complexity index is 1010. The summed E-state index contributed by atoms with van der Waals surface area (Å²) in [7, 11) is 0. The minimum atomic E-state index is -0.217. The monoisotopic (exact) mass is 431 g/mol. The van der Waals surface area contributed by atoms with Crippen molar-refractivity contribution >= 4 is 0 Å². The van der Waals surface area contributed by atoms with E-state index in [2.05, 4.69) is 51.2 Å². The van der Waals surface area contributed by atoms with Gasteiger partial charge in [0.05, 0.1) is 12.3 Å². The fourth-order valence-corrected chi connectivity index (χ4v) is 5.42. The summed E-state index contributed by atoms with van der Waals surface area (Å²) < 4.78 is 13.3. The largest absolute Gasteiger partial charge is 0.395 e. The number of pyridine rings is 1. The van der Waals surface area contributed by atoms with Gasteiger partial charge in [0.25, 0.3) is 0 Å². The zero-order valence-corrected chi connectivity index (χ0v) is 18.3. The Kier molecular flexibility index (Phi) is 6.30. The van der Waals surface area contributed by atoms with E-state index in [0.717, 1.165) is 49.4 Å². The van der Waals surface area contributed by atoms with Crippen LogP contribution in [0.15, 0.2) is 72.9 Å². The summed E-state index contributed by atoms with van der Waals surface area (Å²) in [5, 5.41) is 10.2. The lowest BCUT2D eigenvalue weighted by molar-refractivity contribution is -0.0656. The van der Waals surface area contributed by atoms with E-state index in [1.807, 2.05) is 24.4 Å². The molecule has 2 aliphatic heterocycles. The predicted octanol–water partition coefficient (Wildman–Crippen LogP) is 4.31. The van der Waals surface area contributed by atoms with E-state index in [4.69, 9.17) is 0 Å². The second-order valence-electron chi connectivity index (χ2n) is 8.97. The Morgan fingerprint density at radius 3 is 2.31 bits per heavy atom. The zero-order valence-electron chi connectivity index (χ0n) is 18.3. The van der Waals surface area contributed by atoms with Gasteiger partial charge in [0.2, 0.25) is 0 Å². The van der Waals surface area contributed by atoms with Crippen molar-refractivity contribution in [3.8, 4) is 11.1 Å². The van der Waals surface area contributed by atoms with Crippen molar-refractivity contribution < 1.29 is 9.50 Å². The van der Waals surface area contributed by atoms with Crippen LogP contribution in [0.4, 0.5) is 4.39 Å². The van der Waals surface area contributed by atoms with Crippen molar-refractivity contribution in [1.82, 2.24) is 14.8 Å². The van der Waals surface area contributed by atoms with Gasteiger partial charge < -0.3 is 5.11 Å². The van der Waals surface area contributed by atoms with Crippen LogP contribution >= 0.6 is 0 Å². The Balaban J connectivity index is 1.35. The molecule has 0 bridgehead atoms. The third-order valence-electron chi connectivity index (χ3n) is 7.04. The minimum absolute atomic E-state index is 0.173. The number of hydrogen-bond acceptors (Lipinski definition) is 4. The van der Waals surface area contributed by atoms with Crippen molar-refractivity contribution in [2.45, 2.75) is 37.4 Å². The lowest BCUT2D eigenvalue weighted by atomic mass is 9.74. The Labute approximate surface area is 189 Å². The van der Waals surface area contributed by atoms with Crippen molar-refractivity contribution in [3.05, 3.63) is 90.0 Å². The summed E-state index contributed by atoms with van der Waals surface area (Å²) in [6, 6.07) is 21.9. The molecule has 2 saturated heterocycles. The molecule has 166 valence electrons. The van der Waals surface area contributed by atoms with Crippen molar-refractivity contribution in [3.63, 3.8) is 0 Å². The molecule has 2 aromatic carbocycles. The van der Waals surface area contributed by atoms with Gasteiger partial charge in [0, 0.05) is 37.3 Å². The summed E-state index contributed by atoms with van der Waals surface area (Å²) in [6.45, 7) is 4.17. The average molecular weight is 432 g/mol. The van der Waals surface area contributed by atoms with E-state index in [9.17, 15) is 9.50 Å². The molecule has 5 heteroatoms. The summed E-state index contributed by atoms with van der Waals surface area (Å²) in [5.41, 5.74) is 4.48. The zero-order chi connectivity index (χ0) is 21.9. The first-order valence-electron chi connectivity index (χ1n) is 11.6. The van der Waals surface area contributed by atoms with Crippen LogP contribution in [-0.4, -0.2) is 58.2 Å². The van der Waals surface area contributed by atoms with E-state index in [0.29, 0.717) is 12.0 Å². The molecule has 4 nitrogen and oxygen atoms in total. The lowest BCUT2D eigenvalue weighted by Gasteiger charge is -2.57. The molecule has 3 atom stereocenters. The normalized spacial score (nSPS) is 24.2. The molecule has 3 aromatic rings. The van der Waals surface area contributed by atoms with Crippen molar-refractivity contribution in [2.24, 2.45) is 0 Å². The lowest BCUT2D eigenvalue weighted by Crippen LogP contribution is -2.67. The molecule has 0 amide bonds. The summed E-state index contributed by atoms with van der Waals surface area (Å²) in [5.74, 6) is 0.0943. The SMILES string of the molecule is OC[C@H]1[C@@H](c2ccc(-c3ccc(F)cc3)cc2)[C@@H]2CN(Cc3ccccn3)CCCCN12. The molecular weight excluding hydrogens is 401 g/mol. The number of aromatic nitrogens is 1. The molecule has 5 rings (SSSR count). The highest BCUT2D eigenvalue weighted by Gasteiger charge is 2.49. The van der Waals surface area contributed by atoms with Gasteiger partial charge in [-0.05, 0) is 66.9 Å². The highest BCUT2D eigenvalue weighted by Crippen LogP contribution is 2.42. The molecular formula is C27H30FN3O. The first-order valence-corrected chi connectivity index (χ1v) is 11.6. The van der Waals surface area contributed by atoms with Crippen LogP contribution in [0.3, 0.4) is 0 Å². The van der Waals surface area contributed by atoms with Crippen LogP contribution in [0, 0.1) is 5.82 Å². The van der Waals surface area contributed by atoms with Gasteiger partial charge in [-0.3, -0.25) is 14.8 Å². The molecule has 0 unspecified atom stereocenters. The summed E-state index contributed by atoms with van der Waals surface area (Å²) in [6.07, 6.45) is 4.19. The minimum Gasteiger partial charge on any atom is -0.395 e. The van der Waals surface area contributed by atoms with Crippen LogP contribution in [0.25, 0.3) is 11.1 Å². The number of fused-ring (bicyclic) bond motifs is 1. The van der Waals surface area contributed by atoms with E-state index < -0.39 is 0 Å². The second kappa shape index (κ2) is 9.49. The molecule has 0 spiro atoms. The maximum Gasteiger partial charge on any atom is 0.123 e. The highest BCUT2D eigenvalue weighted by atomic mass is 19.1. The van der Waals surface area contributed by atoms with Gasteiger partial charge in [-0.1, -0.05) is 42.5 Å². The van der Waals surface area contributed by atoms with Crippen molar-refractivity contribution in [2.75, 3.05) is 26.2 Å². The predicted molar refractivity (Wildman–Crippen MR) is 125 cm³/mol. The Morgan fingerprint density at radius 1 is 0.906 bits per heavy atom. The van der Waals surface area contributed by atoms with Gasteiger partial charge >= 0.3 is 0 Å². The second-order valence-corrected chi connectivity index (χ2v) is 8.97. The highest BCUT2D eigenvalue weighted by molar-refractivity contribution is 5.63. The van der Waals surface area contributed by atoms with Gasteiger partial charge in [0.15, 0.2) is 0 Å². The molecule has 3 heterocycles. The average Bonchev–Trinajstić information content (AvgIpc) is 2.81. The number of halogens is 1. The Morgan fingerprint density at radius 2 is 1.62 bits per heavy atom. The van der Waals surface area contributed by atoms with Gasteiger partial charge in [-0.15, -0.1) is 0 Å². The van der Waals surface area contributed by atoms with Crippen LogP contribution < -0.4 is 0 Å². The van der Waals surface area contributed by atoms with Crippen LogP contribution in [0.1, 0.15) is 30.0 Å².